The van der Waals surface area contributed by atoms with Crippen molar-refractivity contribution in [1.29, 1.82) is 0 Å². The molecule has 0 aromatic heterocycles. The van der Waals surface area contributed by atoms with Gasteiger partial charge in [-0.15, -0.1) is 0 Å². The van der Waals surface area contributed by atoms with E-state index < -0.39 is 7.82 Å². The van der Waals surface area contributed by atoms with Gasteiger partial charge in [-0.3, -0.25) is 0 Å². The van der Waals surface area contributed by atoms with Gasteiger partial charge < -0.3 is 24.7 Å². The molecule has 40 valence electrons. The molecular formula is O5PTa. The van der Waals surface area contributed by atoms with Gasteiger partial charge >= 0.3 is 22.4 Å². The Kier molecular flexibility index (Phi) is 11.1. The SMILES string of the molecule is O=P([O-])([O-])[O-].[O-2].[Ta+5]. The molecule has 0 saturated heterocycles. The van der Waals surface area contributed by atoms with Crippen LogP contribution in [-0.4, -0.2) is 0 Å². The van der Waals surface area contributed by atoms with E-state index in [1.807, 2.05) is 0 Å². The van der Waals surface area contributed by atoms with Crippen LogP contribution in [0.4, 0.5) is 0 Å². The topological polar surface area (TPSA) is 115 Å². The average Bonchev–Trinajstić information content (AvgIpc) is 0.722. The van der Waals surface area contributed by atoms with Crippen molar-refractivity contribution in [3.63, 3.8) is 0 Å². The van der Waals surface area contributed by atoms with Crippen molar-refractivity contribution in [3.8, 4) is 0 Å². The third-order valence-electron chi connectivity index (χ3n) is 0. The van der Waals surface area contributed by atoms with Gasteiger partial charge in [-0.2, -0.15) is 7.82 Å². The van der Waals surface area contributed by atoms with Crippen LogP contribution in [0.1, 0.15) is 0 Å². The van der Waals surface area contributed by atoms with Crippen LogP contribution < -0.4 is 14.7 Å². The fourth-order valence-corrected chi connectivity index (χ4v) is 0. The summed E-state index contributed by atoms with van der Waals surface area (Å²) in [7, 11) is -5.39. The van der Waals surface area contributed by atoms with Crippen LogP contribution in [0.5, 0.6) is 0 Å². The Balaban J connectivity index is -0.0000000800. The molecule has 0 N–H and O–H groups in total. The molecule has 0 amide bonds. The van der Waals surface area contributed by atoms with Gasteiger partial charge in [-0.25, -0.2) is 0 Å². The summed E-state index contributed by atoms with van der Waals surface area (Å²) in [6, 6.07) is 0. The second-order valence-electron chi connectivity index (χ2n) is 0.447. The van der Waals surface area contributed by atoms with Crippen LogP contribution in [0.15, 0.2) is 0 Å². The number of hydrogen-bond acceptors (Lipinski definition) is 4. The molecule has 0 rings (SSSR count). The normalized spacial score (nSPS) is 8.43. The Morgan fingerprint density at radius 3 is 1.14 bits per heavy atom. The third-order valence-corrected chi connectivity index (χ3v) is 0. The summed E-state index contributed by atoms with van der Waals surface area (Å²) in [6.45, 7) is 0. The monoisotopic (exact) mass is 292 g/mol. The first-order chi connectivity index (χ1) is 2.00. The molecule has 0 aliphatic heterocycles. The maximum Gasteiger partial charge on any atom is 5.00 e. The fourth-order valence-electron chi connectivity index (χ4n) is 0. The van der Waals surface area contributed by atoms with E-state index in [4.69, 9.17) is 19.2 Å². The molecule has 0 spiro atoms. The quantitative estimate of drug-likeness (QED) is 0.444. The zero-order valence-corrected chi connectivity index (χ0v) is 7.04. The Labute approximate surface area is 55.4 Å². The number of rotatable bonds is 0. The molecule has 7 heteroatoms. The smallest absolute Gasteiger partial charge is 2.00 e. The molecular weight excluding hydrogens is 292 g/mol. The molecule has 0 aliphatic rings. The van der Waals surface area contributed by atoms with Crippen LogP contribution in [0.25, 0.3) is 0 Å². The molecule has 0 aromatic rings. The van der Waals surface area contributed by atoms with E-state index >= 15 is 0 Å². The predicted molar refractivity (Wildman–Crippen MR) is 8.29 cm³/mol. The zero-order valence-electron chi connectivity index (χ0n) is 2.94. The van der Waals surface area contributed by atoms with Crippen molar-refractivity contribution in [2.45, 2.75) is 0 Å². The number of hydrogen-bond donors (Lipinski definition) is 0. The first-order valence-corrected chi connectivity index (χ1v) is 2.19. The average molecular weight is 292 g/mol. The maximum atomic E-state index is 8.55. The molecule has 0 atom stereocenters. The van der Waals surface area contributed by atoms with E-state index in [1.165, 1.54) is 0 Å². The molecule has 0 heterocycles. The summed E-state index contributed by atoms with van der Waals surface area (Å²) in [5, 5.41) is 0. The minimum Gasteiger partial charge on any atom is -2.00 e. The van der Waals surface area contributed by atoms with Gasteiger partial charge in [0.25, 0.3) is 0 Å². The van der Waals surface area contributed by atoms with Gasteiger partial charge in [0.2, 0.25) is 0 Å². The van der Waals surface area contributed by atoms with E-state index in [9.17, 15) is 0 Å². The van der Waals surface area contributed by atoms with Crippen molar-refractivity contribution in [3.05, 3.63) is 0 Å². The van der Waals surface area contributed by atoms with Gasteiger partial charge in [-0.1, -0.05) is 0 Å². The van der Waals surface area contributed by atoms with Gasteiger partial charge in [0, 0.05) is 0 Å². The minimum absolute atomic E-state index is 0. The maximum absolute atomic E-state index is 8.55. The Morgan fingerprint density at radius 2 is 1.14 bits per heavy atom. The second kappa shape index (κ2) is 4.96. The van der Waals surface area contributed by atoms with Gasteiger partial charge in [0.15, 0.2) is 0 Å². The molecule has 0 aliphatic carbocycles. The summed E-state index contributed by atoms with van der Waals surface area (Å²) in [5.41, 5.74) is 0. The molecule has 5 nitrogen and oxygen atoms in total. The summed E-state index contributed by atoms with van der Waals surface area (Å²) >= 11 is 0. The van der Waals surface area contributed by atoms with Gasteiger partial charge in [0.05, 0.1) is 0 Å². The number of phosphoric acid groups is 1. The summed E-state index contributed by atoms with van der Waals surface area (Å²) < 4.78 is 8.55. The van der Waals surface area contributed by atoms with Crippen molar-refractivity contribution >= 4 is 7.82 Å². The standard InChI is InChI=1S/H3O4P.O.Ta/c1-5(2,3)4;;/h(H3,1,2,3,4);;/q;-2;+5/p-3. The van der Waals surface area contributed by atoms with Gasteiger partial charge in [-0.05, 0) is 0 Å². The molecule has 0 aromatic carbocycles. The van der Waals surface area contributed by atoms with E-state index in [-0.39, 0.29) is 27.9 Å². The second-order valence-corrected chi connectivity index (χ2v) is 1.34. The van der Waals surface area contributed by atoms with Crippen molar-refractivity contribution in [2.75, 3.05) is 0 Å². The van der Waals surface area contributed by atoms with E-state index in [0.717, 1.165) is 0 Å². The molecule has 0 saturated carbocycles. The van der Waals surface area contributed by atoms with Crippen LogP contribution in [0, 0.1) is 0 Å². The summed E-state index contributed by atoms with van der Waals surface area (Å²) in [6.07, 6.45) is 0. The minimum atomic E-state index is -5.39. The van der Waals surface area contributed by atoms with Gasteiger partial charge in [0.1, 0.15) is 0 Å². The molecule has 0 unspecified atom stereocenters. The fraction of sp³-hybridized carbons (Fsp3) is 0. The van der Waals surface area contributed by atoms with Crippen LogP contribution >= 0.6 is 7.82 Å². The summed E-state index contributed by atoms with van der Waals surface area (Å²) in [5.74, 6) is 0. The summed E-state index contributed by atoms with van der Waals surface area (Å²) in [4.78, 5) is 25.6. The third kappa shape index (κ3) is 240. The Morgan fingerprint density at radius 1 is 1.14 bits per heavy atom. The largest absolute Gasteiger partial charge is 5.00 e. The van der Waals surface area contributed by atoms with Crippen molar-refractivity contribution in [2.24, 2.45) is 0 Å². The van der Waals surface area contributed by atoms with Crippen LogP contribution in [-0.2, 0) is 32.4 Å². The Hall–Kier alpha value is 0.810. The van der Waals surface area contributed by atoms with E-state index in [1.54, 1.807) is 0 Å². The molecule has 0 fully saturated rings. The molecule has 7 heavy (non-hydrogen) atoms. The van der Waals surface area contributed by atoms with E-state index in [2.05, 4.69) is 0 Å². The zero-order chi connectivity index (χ0) is 4.50. The molecule has 0 radical (unpaired) electrons. The first-order valence-electron chi connectivity index (χ1n) is 0.730. The van der Waals surface area contributed by atoms with E-state index in [0.29, 0.717) is 0 Å². The van der Waals surface area contributed by atoms with Crippen molar-refractivity contribution in [1.82, 2.24) is 0 Å². The van der Waals surface area contributed by atoms with Crippen LogP contribution in [0.2, 0.25) is 0 Å². The molecule has 0 bridgehead atoms. The Bertz CT molecular complexity index is 54.2. The predicted octanol–water partition coefficient (Wildman–Crippen LogP) is -2.95. The first kappa shape index (κ1) is 15.7. The van der Waals surface area contributed by atoms with Crippen LogP contribution in [0.3, 0.4) is 0 Å². The van der Waals surface area contributed by atoms with Crippen molar-refractivity contribution < 1.29 is 47.1 Å².